The van der Waals surface area contributed by atoms with Gasteiger partial charge in [-0.3, -0.25) is 0 Å². The first-order valence-corrected chi connectivity index (χ1v) is 8.93. The van der Waals surface area contributed by atoms with E-state index in [1.165, 1.54) is 6.07 Å². The zero-order valence-electron chi connectivity index (χ0n) is 13.5. The molecule has 0 amide bonds. The molecule has 0 aromatic heterocycles. The van der Waals surface area contributed by atoms with Gasteiger partial charge in [-0.05, 0) is 31.0 Å². The number of nitrogens with one attached hydrogen (secondary N) is 3. The molecule has 0 saturated heterocycles. The Kier molecular flexibility index (Phi) is 10.3. The summed E-state index contributed by atoms with van der Waals surface area (Å²) in [5, 5.41) is 6.09. The first-order chi connectivity index (χ1) is 10.3. The SMILES string of the molecule is CCNC(=NCc1ccc(F)c(C)c1)NCCNS(C)(=O)=O.I. The van der Waals surface area contributed by atoms with Crippen LogP contribution in [0.2, 0.25) is 0 Å². The highest BCUT2D eigenvalue weighted by Crippen LogP contribution is 2.09. The van der Waals surface area contributed by atoms with E-state index in [4.69, 9.17) is 0 Å². The Hall–Kier alpha value is -0.940. The fourth-order valence-electron chi connectivity index (χ4n) is 1.73. The van der Waals surface area contributed by atoms with Gasteiger partial charge in [0.1, 0.15) is 5.82 Å². The summed E-state index contributed by atoms with van der Waals surface area (Å²) in [6.45, 7) is 5.45. The Balaban J connectivity index is 0.00000484. The zero-order chi connectivity index (χ0) is 16.6. The van der Waals surface area contributed by atoms with Crippen molar-refractivity contribution in [3.05, 3.63) is 35.1 Å². The van der Waals surface area contributed by atoms with Gasteiger partial charge < -0.3 is 10.6 Å². The number of nitrogens with zero attached hydrogens (tertiary/aromatic N) is 1. The lowest BCUT2D eigenvalue weighted by Crippen LogP contribution is -2.41. The molecule has 6 nitrogen and oxygen atoms in total. The van der Waals surface area contributed by atoms with Gasteiger partial charge >= 0.3 is 0 Å². The topological polar surface area (TPSA) is 82.6 Å². The maximum absolute atomic E-state index is 13.2. The lowest BCUT2D eigenvalue weighted by molar-refractivity contribution is 0.586. The minimum atomic E-state index is -3.18. The van der Waals surface area contributed by atoms with Gasteiger partial charge in [0.2, 0.25) is 10.0 Å². The second kappa shape index (κ2) is 10.8. The third-order valence-corrected chi connectivity index (χ3v) is 3.50. The number of aliphatic imine (C=N–C) groups is 1. The van der Waals surface area contributed by atoms with E-state index >= 15 is 0 Å². The average Bonchev–Trinajstić information content (AvgIpc) is 2.43. The summed E-state index contributed by atoms with van der Waals surface area (Å²) in [5.74, 6) is 0.351. The standard InChI is InChI=1S/C14H23FN4O2S.HI/c1-4-16-14(17-7-8-19-22(3,20)21)18-10-12-5-6-13(15)11(2)9-12;/h5-6,9,19H,4,7-8,10H2,1-3H3,(H2,16,17,18);1H. The number of hydrogen-bond donors (Lipinski definition) is 3. The van der Waals surface area contributed by atoms with Gasteiger partial charge in [-0.2, -0.15) is 0 Å². The fraction of sp³-hybridized carbons (Fsp3) is 0.500. The van der Waals surface area contributed by atoms with E-state index in [0.29, 0.717) is 31.2 Å². The van der Waals surface area contributed by atoms with Gasteiger partial charge in [-0.25, -0.2) is 22.5 Å². The van der Waals surface area contributed by atoms with E-state index in [2.05, 4.69) is 20.3 Å². The Bertz CT molecular complexity index is 623. The molecule has 0 aliphatic carbocycles. The van der Waals surface area contributed by atoms with E-state index in [1.807, 2.05) is 6.92 Å². The molecule has 0 atom stereocenters. The second-order valence-electron chi connectivity index (χ2n) is 4.87. The average molecular weight is 458 g/mol. The third kappa shape index (κ3) is 9.72. The highest BCUT2D eigenvalue weighted by Gasteiger charge is 2.02. The molecular weight excluding hydrogens is 434 g/mol. The highest BCUT2D eigenvalue weighted by molar-refractivity contribution is 14.0. The molecule has 0 aliphatic rings. The number of guanidine groups is 1. The summed E-state index contributed by atoms with van der Waals surface area (Å²) in [6, 6.07) is 4.88. The van der Waals surface area contributed by atoms with Gasteiger partial charge in [0.05, 0.1) is 12.8 Å². The van der Waals surface area contributed by atoms with E-state index in [9.17, 15) is 12.8 Å². The molecule has 0 heterocycles. The van der Waals surface area contributed by atoms with E-state index in [-0.39, 0.29) is 36.3 Å². The second-order valence-corrected chi connectivity index (χ2v) is 6.70. The first kappa shape index (κ1) is 22.1. The summed E-state index contributed by atoms with van der Waals surface area (Å²) in [7, 11) is -3.18. The molecule has 1 aromatic rings. The van der Waals surface area contributed by atoms with Crippen LogP contribution < -0.4 is 15.4 Å². The molecular formula is C14H24FIN4O2S. The fourth-order valence-corrected chi connectivity index (χ4v) is 2.21. The van der Waals surface area contributed by atoms with Gasteiger partial charge in [-0.15, -0.1) is 24.0 Å². The molecule has 1 aromatic carbocycles. The van der Waals surface area contributed by atoms with E-state index < -0.39 is 10.0 Å². The quantitative estimate of drug-likeness (QED) is 0.250. The molecule has 1 rings (SSSR count). The van der Waals surface area contributed by atoms with Crippen LogP contribution in [0.3, 0.4) is 0 Å². The highest BCUT2D eigenvalue weighted by atomic mass is 127. The van der Waals surface area contributed by atoms with Crippen molar-refractivity contribution in [3.8, 4) is 0 Å². The Morgan fingerprint density at radius 2 is 1.96 bits per heavy atom. The van der Waals surface area contributed by atoms with Crippen LogP contribution in [0, 0.1) is 12.7 Å². The first-order valence-electron chi connectivity index (χ1n) is 7.03. The van der Waals surface area contributed by atoms with Crippen molar-refractivity contribution in [1.29, 1.82) is 0 Å². The number of sulfonamides is 1. The molecule has 0 unspecified atom stereocenters. The number of aryl methyl sites for hydroxylation is 1. The van der Waals surface area contributed by atoms with E-state index in [1.54, 1.807) is 19.1 Å². The molecule has 0 spiro atoms. The Morgan fingerprint density at radius 1 is 1.26 bits per heavy atom. The summed E-state index contributed by atoms with van der Waals surface area (Å²) >= 11 is 0. The lowest BCUT2D eigenvalue weighted by atomic mass is 10.1. The van der Waals surface area contributed by atoms with Crippen LogP contribution in [0.4, 0.5) is 4.39 Å². The van der Waals surface area contributed by atoms with Crippen LogP contribution >= 0.6 is 24.0 Å². The molecule has 0 fully saturated rings. The van der Waals surface area contributed by atoms with Gasteiger partial charge in [0.15, 0.2) is 5.96 Å². The monoisotopic (exact) mass is 458 g/mol. The molecule has 0 aliphatic heterocycles. The van der Waals surface area contributed by atoms with Crippen LogP contribution in [-0.4, -0.2) is 40.3 Å². The molecule has 0 saturated carbocycles. The van der Waals surface area contributed by atoms with E-state index in [0.717, 1.165) is 11.8 Å². The van der Waals surface area contributed by atoms with Gasteiger partial charge in [0, 0.05) is 19.6 Å². The predicted octanol–water partition coefficient (Wildman–Crippen LogP) is 1.36. The van der Waals surface area contributed by atoms with Crippen molar-refractivity contribution in [2.75, 3.05) is 25.9 Å². The lowest BCUT2D eigenvalue weighted by Gasteiger charge is -2.11. The minimum Gasteiger partial charge on any atom is -0.357 e. The summed E-state index contributed by atoms with van der Waals surface area (Å²) in [4.78, 5) is 4.38. The zero-order valence-corrected chi connectivity index (χ0v) is 16.7. The molecule has 0 radical (unpaired) electrons. The predicted molar refractivity (Wildman–Crippen MR) is 102 cm³/mol. The van der Waals surface area contributed by atoms with Crippen molar-refractivity contribution in [2.45, 2.75) is 20.4 Å². The Morgan fingerprint density at radius 3 is 2.52 bits per heavy atom. The number of hydrogen-bond acceptors (Lipinski definition) is 3. The largest absolute Gasteiger partial charge is 0.357 e. The van der Waals surface area contributed by atoms with Crippen molar-refractivity contribution in [1.82, 2.24) is 15.4 Å². The summed E-state index contributed by atoms with van der Waals surface area (Å²) in [5.41, 5.74) is 1.49. The van der Waals surface area contributed by atoms with Gasteiger partial charge in [-0.1, -0.05) is 12.1 Å². The van der Waals surface area contributed by atoms with Crippen LogP contribution in [0.5, 0.6) is 0 Å². The van der Waals surface area contributed by atoms with Crippen LogP contribution in [0.15, 0.2) is 23.2 Å². The van der Waals surface area contributed by atoms with Crippen LogP contribution in [0.1, 0.15) is 18.1 Å². The van der Waals surface area contributed by atoms with Gasteiger partial charge in [0.25, 0.3) is 0 Å². The number of rotatable bonds is 7. The molecule has 23 heavy (non-hydrogen) atoms. The molecule has 3 N–H and O–H groups in total. The maximum atomic E-state index is 13.2. The number of halogens is 2. The Labute approximate surface area is 154 Å². The molecule has 9 heteroatoms. The molecule has 0 bridgehead atoms. The van der Waals surface area contributed by atoms with Crippen LogP contribution in [-0.2, 0) is 16.6 Å². The summed E-state index contributed by atoms with van der Waals surface area (Å²) in [6.07, 6.45) is 1.11. The van der Waals surface area contributed by atoms with Crippen molar-refractivity contribution < 1.29 is 12.8 Å². The minimum absolute atomic E-state index is 0. The van der Waals surface area contributed by atoms with Crippen LogP contribution in [0.25, 0.3) is 0 Å². The van der Waals surface area contributed by atoms with Crippen molar-refractivity contribution in [3.63, 3.8) is 0 Å². The maximum Gasteiger partial charge on any atom is 0.208 e. The van der Waals surface area contributed by atoms with Crippen molar-refractivity contribution >= 4 is 40.0 Å². The normalized spacial score (nSPS) is 11.7. The molecule has 132 valence electrons. The third-order valence-electron chi connectivity index (χ3n) is 2.77. The smallest absolute Gasteiger partial charge is 0.208 e. The van der Waals surface area contributed by atoms with Crippen molar-refractivity contribution in [2.24, 2.45) is 4.99 Å². The number of benzene rings is 1. The summed E-state index contributed by atoms with van der Waals surface area (Å²) < 4.78 is 37.5.